The van der Waals surface area contributed by atoms with Gasteiger partial charge in [-0.15, -0.1) is 0 Å². The van der Waals surface area contributed by atoms with E-state index in [1.165, 1.54) is 0 Å². The van der Waals surface area contributed by atoms with Crippen molar-refractivity contribution in [3.05, 3.63) is 27.2 Å². The number of hydrogen-bond donors (Lipinski definition) is 1. The first-order valence-corrected chi connectivity index (χ1v) is 7.99. The van der Waals surface area contributed by atoms with Crippen LogP contribution in [0.25, 0.3) is 0 Å². The van der Waals surface area contributed by atoms with Gasteiger partial charge in [-0.2, -0.15) is 0 Å². The fraction of sp³-hybridized carbons (Fsp3) is 0.500. The molecule has 1 aromatic carbocycles. The van der Waals surface area contributed by atoms with Crippen LogP contribution in [0.1, 0.15) is 25.0 Å². The lowest BCUT2D eigenvalue weighted by atomic mass is 10.2. The number of sulfonamides is 1. The maximum Gasteiger partial charge on any atom is 0.264 e. The SMILES string of the molecule is Cc1cc(Cl)c(C)c(S(=O)(=O)NOCC(C)C)c1Cl. The molecule has 0 radical (unpaired) electrons. The topological polar surface area (TPSA) is 55.4 Å². The minimum Gasteiger partial charge on any atom is -0.287 e. The quantitative estimate of drug-likeness (QED) is 0.843. The number of halogens is 2. The van der Waals surface area contributed by atoms with E-state index in [0.29, 0.717) is 16.1 Å². The van der Waals surface area contributed by atoms with Gasteiger partial charge in [0, 0.05) is 5.02 Å². The van der Waals surface area contributed by atoms with E-state index in [4.69, 9.17) is 28.0 Å². The number of aryl methyl sites for hydroxylation is 1. The number of benzene rings is 1. The number of hydrogen-bond acceptors (Lipinski definition) is 3. The highest BCUT2D eigenvalue weighted by Crippen LogP contribution is 2.33. The first-order chi connectivity index (χ1) is 8.66. The largest absolute Gasteiger partial charge is 0.287 e. The van der Waals surface area contributed by atoms with Crippen molar-refractivity contribution in [3.63, 3.8) is 0 Å². The van der Waals surface area contributed by atoms with Crippen LogP contribution in [0.5, 0.6) is 0 Å². The highest BCUT2D eigenvalue weighted by atomic mass is 35.5. The molecule has 1 rings (SSSR count). The molecule has 0 aromatic heterocycles. The summed E-state index contributed by atoms with van der Waals surface area (Å²) >= 11 is 12.1. The lowest BCUT2D eigenvalue weighted by Gasteiger charge is -2.14. The highest BCUT2D eigenvalue weighted by Gasteiger charge is 2.24. The second-order valence-corrected chi connectivity index (χ2v) is 7.10. The van der Waals surface area contributed by atoms with Gasteiger partial charge in [-0.1, -0.05) is 41.9 Å². The second kappa shape index (κ2) is 6.41. The van der Waals surface area contributed by atoms with Crippen LogP contribution in [0.4, 0.5) is 0 Å². The van der Waals surface area contributed by atoms with Gasteiger partial charge in [0.2, 0.25) is 0 Å². The van der Waals surface area contributed by atoms with E-state index < -0.39 is 10.0 Å². The molecule has 108 valence electrons. The lowest BCUT2D eigenvalue weighted by molar-refractivity contribution is 0.0718. The van der Waals surface area contributed by atoms with E-state index in [9.17, 15) is 8.42 Å². The Labute approximate surface area is 124 Å². The molecule has 0 fully saturated rings. The fourth-order valence-electron chi connectivity index (χ4n) is 1.45. The zero-order chi connectivity index (χ0) is 14.8. The summed E-state index contributed by atoms with van der Waals surface area (Å²) in [5.74, 6) is 0.209. The normalized spacial score (nSPS) is 12.2. The Morgan fingerprint density at radius 1 is 1.32 bits per heavy atom. The van der Waals surface area contributed by atoms with Crippen LogP contribution >= 0.6 is 23.2 Å². The summed E-state index contributed by atoms with van der Waals surface area (Å²) in [5, 5.41) is 0.508. The van der Waals surface area contributed by atoms with E-state index in [1.54, 1.807) is 19.9 Å². The van der Waals surface area contributed by atoms with Gasteiger partial charge in [-0.05, 0) is 37.0 Å². The molecule has 0 aliphatic rings. The van der Waals surface area contributed by atoms with E-state index in [0.717, 1.165) is 0 Å². The molecule has 7 heteroatoms. The molecule has 0 heterocycles. The molecule has 1 N–H and O–H groups in total. The van der Waals surface area contributed by atoms with E-state index in [2.05, 4.69) is 4.89 Å². The first-order valence-electron chi connectivity index (χ1n) is 5.75. The Bertz CT molecular complexity index is 545. The molecule has 0 bridgehead atoms. The van der Waals surface area contributed by atoms with Gasteiger partial charge in [0.05, 0.1) is 11.6 Å². The minimum atomic E-state index is -3.85. The third-order valence-corrected chi connectivity index (χ3v) is 4.82. The molecular formula is C12H17Cl2NO3S. The second-order valence-electron chi connectivity index (χ2n) is 4.74. The highest BCUT2D eigenvalue weighted by molar-refractivity contribution is 7.89. The van der Waals surface area contributed by atoms with Crippen LogP contribution in [0.3, 0.4) is 0 Å². The smallest absolute Gasteiger partial charge is 0.264 e. The summed E-state index contributed by atoms with van der Waals surface area (Å²) in [6.45, 7) is 7.40. The van der Waals surface area contributed by atoms with Gasteiger partial charge in [0.15, 0.2) is 0 Å². The first kappa shape index (κ1) is 16.7. The molecule has 4 nitrogen and oxygen atoms in total. The molecule has 0 aliphatic heterocycles. The molecule has 19 heavy (non-hydrogen) atoms. The van der Waals surface area contributed by atoms with Gasteiger partial charge in [-0.3, -0.25) is 4.84 Å². The molecule has 0 aliphatic carbocycles. The van der Waals surface area contributed by atoms with Gasteiger partial charge in [0.25, 0.3) is 10.0 Å². The maximum atomic E-state index is 12.2. The molecule has 0 unspecified atom stereocenters. The molecule has 0 spiro atoms. The van der Waals surface area contributed by atoms with Gasteiger partial charge in [0.1, 0.15) is 4.90 Å². The lowest BCUT2D eigenvalue weighted by Crippen LogP contribution is -2.27. The number of nitrogens with one attached hydrogen (secondary N) is 1. The summed E-state index contributed by atoms with van der Waals surface area (Å²) in [6.07, 6.45) is 0. The summed E-state index contributed by atoms with van der Waals surface area (Å²) in [4.78, 5) is 7.00. The zero-order valence-electron chi connectivity index (χ0n) is 11.3. The Hall–Kier alpha value is -0.330. The Kier molecular flexibility index (Phi) is 5.65. The summed E-state index contributed by atoms with van der Waals surface area (Å²) in [5.41, 5.74) is 0.999. The fourth-order valence-corrected chi connectivity index (χ4v) is 3.48. The van der Waals surface area contributed by atoms with Crippen LogP contribution < -0.4 is 4.89 Å². The average molecular weight is 326 g/mol. The molecule has 1 aromatic rings. The van der Waals surface area contributed by atoms with Gasteiger partial charge < -0.3 is 0 Å². The predicted octanol–water partition coefficient (Wildman–Crippen LogP) is 3.48. The van der Waals surface area contributed by atoms with E-state index >= 15 is 0 Å². The van der Waals surface area contributed by atoms with Crippen molar-refractivity contribution >= 4 is 33.2 Å². The molecule has 0 saturated heterocycles. The van der Waals surface area contributed by atoms with Crippen molar-refractivity contribution in [2.45, 2.75) is 32.6 Å². The molecular weight excluding hydrogens is 309 g/mol. The summed E-state index contributed by atoms with van der Waals surface area (Å²) < 4.78 is 24.4. The summed E-state index contributed by atoms with van der Waals surface area (Å²) in [6, 6.07) is 1.63. The zero-order valence-corrected chi connectivity index (χ0v) is 13.6. The van der Waals surface area contributed by atoms with Crippen molar-refractivity contribution < 1.29 is 13.3 Å². The van der Waals surface area contributed by atoms with Crippen molar-refractivity contribution in [2.24, 2.45) is 5.92 Å². The minimum absolute atomic E-state index is 0.0390. The van der Waals surface area contributed by atoms with Crippen LogP contribution in [0.15, 0.2) is 11.0 Å². The Morgan fingerprint density at radius 3 is 2.42 bits per heavy atom. The van der Waals surface area contributed by atoms with Crippen molar-refractivity contribution in [1.82, 2.24) is 4.89 Å². The molecule has 0 saturated carbocycles. The summed E-state index contributed by atoms with van der Waals surface area (Å²) in [7, 11) is -3.85. The monoisotopic (exact) mass is 325 g/mol. The van der Waals surface area contributed by atoms with Gasteiger partial charge in [-0.25, -0.2) is 8.42 Å². The molecule has 0 amide bonds. The average Bonchev–Trinajstić information content (AvgIpc) is 2.25. The Balaban J connectivity index is 3.15. The van der Waals surface area contributed by atoms with E-state index in [1.807, 2.05) is 13.8 Å². The van der Waals surface area contributed by atoms with Crippen LogP contribution in [-0.4, -0.2) is 15.0 Å². The van der Waals surface area contributed by atoms with Crippen LogP contribution in [0.2, 0.25) is 10.0 Å². The standard InChI is InChI=1S/C12H17Cl2NO3S/c1-7(2)6-18-15-19(16,17)12-9(4)10(13)5-8(3)11(12)14/h5,7,15H,6H2,1-4H3. The third kappa shape index (κ3) is 4.07. The van der Waals surface area contributed by atoms with Crippen LogP contribution in [0, 0.1) is 19.8 Å². The van der Waals surface area contributed by atoms with Crippen molar-refractivity contribution in [3.8, 4) is 0 Å². The van der Waals surface area contributed by atoms with Crippen molar-refractivity contribution in [2.75, 3.05) is 6.61 Å². The maximum absolute atomic E-state index is 12.2. The van der Waals surface area contributed by atoms with Gasteiger partial charge >= 0.3 is 0 Å². The van der Waals surface area contributed by atoms with Crippen LogP contribution in [-0.2, 0) is 14.9 Å². The predicted molar refractivity (Wildman–Crippen MR) is 77.0 cm³/mol. The van der Waals surface area contributed by atoms with Crippen molar-refractivity contribution in [1.29, 1.82) is 0 Å². The van der Waals surface area contributed by atoms with E-state index in [-0.39, 0.29) is 22.4 Å². The Morgan fingerprint density at radius 2 is 1.89 bits per heavy atom. The molecule has 0 atom stereocenters. The number of rotatable bonds is 5. The third-order valence-electron chi connectivity index (χ3n) is 2.44.